The fraction of sp³-hybridized carbons (Fsp3) is 0.267. The topological polar surface area (TPSA) is 42.2 Å². The summed E-state index contributed by atoms with van der Waals surface area (Å²) in [6.45, 7) is 3.95. The van der Waals surface area contributed by atoms with E-state index < -0.39 is 5.41 Å². The lowest BCUT2D eigenvalue weighted by molar-refractivity contribution is -0.125. The van der Waals surface area contributed by atoms with Crippen LogP contribution in [0.2, 0.25) is 0 Å². The lowest BCUT2D eigenvalue weighted by Crippen LogP contribution is -2.39. The van der Waals surface area contributed by atoms with Crippen LogP contribution in [0.25, 0.3) is 0 Å². The Balaban J connectivity index is 2.06. The molecule has 1 heterocycles. The van der Waals surface area contributed by atoms with Gasteiger partial charge in [0.25, 0.3) is 0 Å². The summed E-state index contributed by atoms with van der Waals surface area (Å²) in [5.74, 6) is 0.259. The van der Waals surface area contributed by atoms with Crippen LogP contribution in [-0.4, -0.2) is 5.91 Å². The van der Waals surface area contributed by atoms with Crippen molar-refractivity contribution in [1.29, 1.82) is 0 Å². The van der Waals surface area contributed by atoms with Gasteiger partial charge in [0.2, 0.25) is 5.91 Å². The maximum Gasteiger partial charge on any atom is 0.230 e. The molecule has 0 aliphatic carbocycles. The molecule has 1 aromatic carbocycles. The van der Waals surface area contributed by atoms with E-state index in [0.29, 0.717) is 12.3 Å². The number of carbonyl (C=O) groups is 1. The van der Waals surface area contributed by atoms with Crippen molar-refractivity contribution in [3.8, 4) is 0 Å². The summed E-state index contributed by atoms with van der Waals surface area (Å²) >= 11 is 0. The molecule has 0 saturated heterocycles. The number of amides is 1. The Morgan fingerprint density at radius 2 is 1.95 bits per heavy atom. The second-order valence-electron chi connectivity index (χ2n) is 4.89. The van der Waals surface area contributed by atoms with Gasteiger partial charge in [-0.1, -0.05) is 12.1 Å². The van der Waals surface area contributed by atoms with E-state index in [-0.39, 0.29) is 11.7 Å². The minimum atomic E-state index is -0.722. The first-order valence-corrected chi connectivity index (χ1v) is 6.07. The summed E-state index contributed by atoms with van der Waals surface area (Å²) < 4.78 is 18.1. The largest absolute Gasteiger partial charge is 0.467 e. The number of rotatable bonds is 4. The molecule has 0 unspecified atom stereocenters. The number of furan rings is 1. The Bertz CT molecular complexity index is 544. The fourth-order valence-electron chi connectivity index (χ4n) is 1.80. The normalized spacial score (nSPS) is 11.3. The van der Waals surface area contributed by atoms with Crippen LogP contribution in [-0.2, 0) is 16.8 Å². The Labute approximate surface area is 111 Å². The third-order valence-corrected chi connectivity index (χ3v) is 3.14. The van der Waals surface area contributed by atoms with Crippen molar-refractivity contribution >= 4 is 5.91 Å². The predicted octanol–water partition coefficient (Wildman–Crippen LogP) is 3.01. The minimum absolute atomic E-state index is 0.129. The van der Waals surface area contributed by atoms with Crippen molar-refractivity contribution in [2.75, 3.05) is 0 Å². The van der Waals surface area contributed by atoms with Gasteiger partial charge >= 0.3 is 0 Å². The number of nitrogens with one attached hydrogen (secondary N) is 1. The lowest BCUT2D eigenvalue weighted by atomic mass is 9.83. The van der Waals surface area contributed by atoms with Gasteiger partial charge in [0.1, 0.15) is 11.6 Å². The zero-order valence-corrected chi connectivity index (χ0v) is 10.9. The first-order chi connectivity index (χ1) is 9.00. The van der Waals surface area contributed by atoms with E-state index in [2.05, 4.69) is 5.32 Å². The highest BCUT2D eigenvalue weighted by Gasteiger charge is 2.29. The second-order valence-corrected chi connectivity index (χ2v) is 4.89. The quantitative estimate of drug-likeness (QED) is 0.919. The molecule has 0 bridgehead atoms. The van der Waals surface area contributed by atoms with Crippen LogP contribution in [0.3, 0.4) is 0 Å². The van der Waals surface area contributed by atoms with Gasteiger partial charge in [-0.15, -0.1) is 0 Å². The monoisotopic (exact) mass is 261 g/mol. The van der Waals surface area contributed by atoms with Crippen LogP contribution in [0.4, 0.5) is 4.39 Å². The highest BCUT2D eigenvalue weighted by atomic mass is 19.1. The minimum Gasteiger partial charge on any atom is -0.467 e. The Hall–Kier alpha value is -2.10. The van der Waals surface area contributed by atoms with E-state index in [0.717, 1.165) is 5.56 Å². The molecule has 1 N–H and O–H groups in total. The second kappa shape index (κ2) is 5.26. The van der Waals surface area contributed by atoms with Gasteiger partial charge in [-0.3, -0.25) is 4.79 Å². The van der Waals surface area contributed by atoms with E-state index in [9.17, 15) is 9.18 Å². The lowest BCUT2D eigenvalue weighted by Gasteiger charge is -2.24. The van der Waals surface area contributed by atoms with Crippen molar-refractivity contribution in [2.24, 2.45) is 0 Å². The third-order valence-electron chi connectivity index (χ3n) is 3.14. The van der Waals surface area contributed by atoms with E-state index in [1.165, 1.54) is 12.1 Å². The molecular weight excluding hydrogens is 245 g/mol. The Kier molecular flexibility index (Phi) is 3.69. The number of hydrogen-bond donors (Lipinski definition) is 1. The first-order valence-electron chi connectivity index (χ1n) is 6.07. The number of halogens is 1. The van der Waals surface area contributed by atoms with Crippen molar-refractivity contribution in [3.63, 3.8) is 0 Å². The van der Waals surface area contributed by atoms with E-state index >= 15 is 0 Å². The molecule has 0 atom stereocenters. The van der Waals surface area contributed by atoms with Crippen LogP contribution in [0.5, 0.6) is 0 Å². The molecule has 0 spiro atoms. The van der Waals surface area contributed by atoms with Crippen LogP contribution < -0.4 is 5.32 Å². The summed E-state index contributed by atoms with van der Waals surface area (Å²) in [7, 11) is 0. The fourth-order valence-corrected chi connectivity index (χ4v) is 1.80. The van der Waals surface area contributed by atoms with E-state index in [1.807, 2.05) is 0 Å². The maximum atomic E-state index is 12.9. The number of carbonyl (C=O) groups excluding carboxylic acids is 1. The van der Waals surface area contributed by atoms with Crippen LogP contribution in [0.1, 0.15) is 25.2 Å². The molecule has 0 aliphatic rings. The molecule has 2 aromatic rings. The highest BCUT2D eigenvalue weighted by molar-refractivity contribution is 5.87. The maximum absolute atomic E-state index is 12.9. The summed E-state index contributed by atoms with van der Waals surface area (Å²) in [5.41, 5.74) is 0.0474. The molecule has 100 valence electrons. The molecular formula is C15H16FNO2. The van der Waals surface area contributed by atoms with E-state index in [4.69, 9.17) is 4.42 Å². The first kappa shape index (κ1) is 13.3. The zero-order chi connectivity index (χ0) is 13.9. The Morgan fingerprint density at radius 3 is 2.53 bits per heavy atom. The van der Waals surface area contributed by atoms with Gasteiger partial charge in [-0.05, 0) is 43.7 Å². The van der Waals surface area contributed by atoms with Gasteiger partial charge in [0.05, 0.1) is 18.2 Å². The average Bonchev–Trinajstić information content (AvgIpc) is 2.89. The third kappa shape index (κ3) is 3.02. The van der Waals surface area contributed by atoms with Gasteiger partial charge in [0.15, 0.2) is 0 Å². The van der Waals surface area contributed by atoms with Crippen molar-refractivity contribution in [1.82, 2.24) is 5.32 Å². The highest BCUT2D eigenvalue weighted by Crippen LogP contribution is 2.23. The summed E-state index contributed by atoms with van der Waals surface area (Å²) in [6.07, 6.45) is 1.56. The molecule has 19 heavy (non-hydrogen) atoms. The van der Waals surface area contributed by atoms with Crippen molar-refractivity contribution in [2.45, 2.75) is 25.8 Å². The van der Waals surface area contributed by atoms with Crippen LogP contribution in [0, 0.1) is 5.82 Å². The average molecular weight is 261 g/mol. The molecule has 0 aliphatic heterocycles. The molecule has 1 amide bonds. The van der Waals surface area contributed by atoms with Crippen molar-refractivity contribution < 1.29 is 13.6 Å². The van der Waals surface area contributed by atoms with E-state index in [1.54, 1.807) is 44.4 Å². The molecule has 2 rings (SSSR count). The summed E-state index contributed by atoms with van der Waals surface area (Å²) in [6, 6.07) is 9.54. The smallest absolute Gasteiger partial charge is 0.230 e. The van der Waals surface area contributed by atoms with Crippen molar-refractivity contribution in [3.05, 3.63) is 59.8 Å². The molecule has 4 heteroatoms. The van der Waals surface area contributed by atoms with Gasteiger partial charge < -0.3 is 9.73 Å². The Morgan fingerprint density at radius 1 is 1.26 bits per heavy atom. The molecule has 0 fully saturated rings. The summed E-state index contributed by atoms with van der Waals surface area (Å²) in [5, 5.41) is 2.81. The van der Waals surface area contributed by atoms with Crippen LogP contribution in [0.15, 0.2) is 47.1 Å². The zero-order valence-electron chi connectivity index (χ0n) is 10.9. The standard InChI is InChI=1S/C15H16FNO2/c1-15(2,11-5-7-12(16)8-6-11)14(18)17-10-13-4-3-9-19-13/h3-9H,10H2,1-2H3,(H,17,18). The molecule has 1 aromatic heterocycles. The molecule has 0 radical (unpaired) electrons. The van der Waals surface area contributed by atoms with Gasteiger partial charge in [0, 0.05) is 0 Å². The molecule has 3 nitrogen and oxygen atoms in total. The number of hydrogen-bond acceptors (Lipinski definition) is 2. The summed E-state index contributed by atoms with van der Waals surface area (Å²) in [4.78, 5) is 12.2. The number of benzene rings is 1. The van der Waals surface area contributed by atoms with Crippen LogP contribution >= 0.6 is 0 Å². The molecule has 0 saturated carbocycles. The SMILES string of the molecule is CC(C)(C(=O)NCc1ccco1)c1ccc(F)cc1. The predicted molar refractivity (Wildman–Crippen MR) is 70.0 cm³/mol. The van der Waals surface area contributed by atoms with Gasteiger partial charge in [-0.2, -0.15) is 0 Å². The van der Waals surface area contributed by atoms with Gasteiger partial charge in [-0.25, -0.2) is 4.39 Å².